The molecule has 0 unspecified atom stereocenters. The molecule has 4 aliphatic rings. The third kappa shape index (κ3) is 5.94. The van der Waals surface area contributed by atoms with Crippen LogP contribution in [0.4, 0.5) is 0 Å². The molecule has 4 rings (SSSR count). The number of likely N-dealkylation sites (N-methyl/N-ethyl adjacent to an activating group) is 1. The molecule has 0 aromatic heterocycles. The van der Waals surface area contributed by atoms with Gasteiger partial charge in [0.25, 0.3) is 0 Å². The van der Waals surface area contributed by atoms with Crippen LogP contribution in [0.15, 0.2) is 70.9 Å². The Balaban J connectivity index is 1.73. The van der Waals surface area contributed by atoms with Gasteiger partial charge in [-0.3, -0.25) is 4.79 Å². The second-order valence-corrected chi connectivity index (χ2v) is 14.2. The smallest absolute Gasteiger partial charge is 0.145 e. The van der Waals surface area contributed by atoms with Gasteiger partial charge < -0.3 is 31.1 Å². The Hall–Kier alpha value is -2.13. The number of aliphatic hydroxyl groups is 4. The van der Waals surface area contributed by atoms with Crippen LogP contribution in [-0.2, 0) is 4.79 Å². The van der Waals surface area contributed by atoms with Crippen LogP contribution in [0.3, 0.4) is 0 Å². The van der Waals surface area contributed by atoms with Gasteiger partial charge in [0.2, 0.25) is 0 Å². The summed E-state index contributed by atoms with van der Waals surface area (Å²) in [5.74, 6) is -0.211. The quantitative estimate of drug-likeness (QED) is 0.0639. The number of allylic oxidation sites excluding steroid dienone is 9. The molecule has 0 aromatic carbocycles. The number of hydrogen-bond acceptors (Lipinski definition) is 7. The number of carbonyl (C=O) groups is 1. The highest BCUT2D eigenvalue weighted by atomic mass is 16.3. The van der Waals surface area contributed by atoms with Gasteiger partial charge >= 0.3 is 0 Å². The number of aliphatic hydroxyl groups excluding tert-OH is 3. The summed E-state index contributed by atoms with van der Waals surface area (Å²) in [5, 5.41) is 53.2. The molecule has 45 heavy (non-hydrogen) atoms. The van der Waals surface area contributed by atoms with Crippen molar-refractivity contribution in [3.05, 3.63) is 70.9 Å². The van der Waals surface area contributed by atoms with E-state index in [1.54, 1.807) is 0 Å². The van der Waals surface area contributed by atoms with E-state index in [1.165, 1.54) is 5.57 Å². The molecule has 250 valence electrons. The summed E-state index contributed by atoms with van der Waals surface area (Å²) in [6.07, 6.45) is 18.2. The first-order valence-electron chi connectivity index (χ1n) is 17.1. The summed E-state index contributed by atoms with van der Waals surface area (Å²) < 4.78 is 0. The maximum Gasteiger partial charge on any atom is 0.145 e. The van der Waals surface area contributed by atoms with E-state index in [-0.39, 0.29) is 25.0 Å². The highest BCUT2D eigenvalue weighted by Gasteiger charge is 2.79. The minimum atomic E-state index is -1.20. The third-order valence-electron chi connectivity index (χ3n) is 12.0. The van der Waals surface area contributed by atoms with E-state index in [4.69, 9.17) is 0 Å². The zero-order chi connectivity index (χ0) is 32.9. The van der Waals surface area contributed by atoms with Crippen molar-refractivity contribution in [2.75, 3.05) is 39.9 Å². The van der Waals surface area contributed by atoms with Gasteiger partial charge in [-0.25, -0.2) is 0 Å². The molecule has 3 fully saturated rings. The van der Waals surface area contributed by atoms with Crippen LogP contribution in [0.1, 0.15) is 78.6 Å². The third-order valence-corrected chi connectivity index (χ3v) is 12.0. The molecule has 4 aliphatic carbocycles. The van der Waals surface area contributed by atoms with E-state index in [9.17, 15) is 25.2 Å². The number of carbonyl (C=O) groups excluding carboxylic acids is 1. The maximum atomic E-state index is 12.9. The van der Waals surface area contributed by atoms with Crippen molar-refractivity contribution in [3.63, 3.8) is 0 Å². The fourth-order valence-corrected chi connectivity index (χ4v) is 10.1. The van der Waals surface area contributed by atoms with Gasteiger partial charge in [-0.1, -0.05) is 61.1 Å². The van der Waals surface area contributed by atoms with Crippen LogP contribution in [-0.4, -0.2) is 78.3 Å². The van der Waals surface area contributed by atoms with Crippen LogP contribution in [0.2, 0.25) is 0 Å². The SMILES string of the molecule is C=C(/C=C\C=C(\CO)[C@]12CC[C@@]3([C@@H]1O)[C@@](O)(CCNC)C[C@@H]1C=C[C@@H](CCO)[C@@]3(CC2)C1=C(C)C=O)CC/C=C(\C)CNCC. The van der Waals surface area contributed by atoms with Gasteiger partial charge in [0, 0.05) is 35.3 Å². The van der Waals surface area contributed by atoms with Crippen molar-refractivity contribution in [3.8, 4) is 0 Å². The Labute approximate surface area is 271 Å². The second-order valence-electron chi connectivity index (χ2n) is 14.2. The van der Waals surface area contributed by atoms with Crippen LogP contribution < -0.4 is 10.6 Å². The van der Waals surface area contributed by atoms with E-state index in [0.717, 1.165) is 48.9 Å². The first-order valence-corrected chi connectivity index (χ1v) is 17.1. The Morgan fingerprint density at radius 2 is 1.91 bits per heavy atom. The summed E-state index contributed by atoms with van der Waals surface area (Å²) in [6, 6.07) is 0. The molecule has 7 nitrogen and oxygen atoms in total. The molecule has 0 amide bonds. The molecule has 6 N–H and O–H groups in total. The molecule has 0 aromatic rings. The lowest BCUT2D eigenvalue weighted by molar-refractivity contribution is -0.256. The predicted octanol–water partition coefficient (Wildman–Crippen LogP) is 4.71. The molecule has 3 saturated carbocycles. The highest BCUT2D eigenvalue weighted by molar-refractivity contribution is 5.75. The van der Waals surface area contributed by atoms with E-state index in [0.29, 0.717) is 57.1 Å². The van der Waals surface area contributed by atoms with Crippen molar-refractivity contribution < 1.29 is 25.2 Å². The van der Waals surface area contributed by atoms with E-state index in [1.807, 2.05) is 32.2 Å². The first-order chi connectivity index (χ1) is 21.6. The predicted molar refractivity (Wildman–Crippen MR) is 181 cm³/mol. The van der Waals surface area contributed by atoms with Gasteiger partial charge in [-0.15, -0.1) is 0 Å². The van der Waals surface area contributed by atoms with Crippen molar-refractivity contribution >= 4 is 6.29 Å². The van der Waals surface area contributed by atoms with Crippen LogP contribution in [0.5, 0.6) is 0 Å². The number of hydrogen-bond donors (Lipinski definition) is 6. The van der Waals surface area contributed by atoms with Crippen molar-refractivity contribution in [1.82, 2.24) is 10.6 Å². The van der Waals surface area contributed by atoms with Gasteiger partial charge in [0.1, 0.15) is 6.29 Å². The monoisotopic (exact) mass is 622 g/mol. The van der Waals surface area contributed by atoms with Crippen molar-refractivity contribution in [2.45, 2.75) is 90.3 Å². The molecule has 7 atom stereocenters. The first kappa shape index (κ1) is 35.7. The molecular formula is C38H58N2O5. The minimum Gasteiger partial charge on any atom is -0.396 e. The van der Waals surface area contributed by atoms with Crippen LogP contribution >= 0.6 is 0 Å². The number of nitrogens with one attached hydrogen (secondary N) is 2. The summed E-state index contributed by atoms with van der Waals surface area (Å²) in [5.41, 5.74) is 1.33. The summed E-state index contributed by atoms with van der Waals surface area (Å²) >= 11 is 0. The molecule has 2 spiro atoms. The van der Waals surface area contributed by atoms with Gasteiger partial charge in [0.05, 0.1) is 18.3 Å². The summed E-state index contributed by atoms with van der Waals surface area (Å²) in [4.78, 5) is 12.4. The molecule has 7 heteroatoms. The number of fused-ring (bicyclic) bond motifs is 2. The normalized spacial score (nSPS) is 37.2. The Morgan fingerprint density at radius 1 is 1.16 bits per heavy atom. The Bertz CT molecular complexity index is 1250. The molecule has 4 bridgehead atoms. The lowest BCUT2D eigenvalue weighted by atomic mass is 9.34. The van der Waals surface area contributed by atoms with Gasteiger partial charge in [-0.05, 0) is 114 Å². The largest absolute Gasteiger partial charge is 0.396 e. The van der Waals surface area contributed by atoms with E-state index in [2.05, 4.69) is 49.3 Å². The number of aldehydes is 1. The van der Waals surface area contributed by atoms with Gasteiger partial charge in [-0.2, -0.15) is 0 Å². The standard InChI is InChI=1S/C38H58N2O5/c1-6-40-24-28(3)11-7-9-27(2)10-8-12-32(26-43)35-16-18-37-31(15-22-41)14-13-30(33(37)29(4)25-42)23-36(45,20-21-39-5)38(37,19-17-35)34(35)44/h8,10-14,25,30-31,34,39-41,43-45H,2,6-7,9,15-24,26H2,1,3-5H3/b10-8-,28-11+,32-12-,33-29?/t30-,31-,34+,35-,36+,37-,38+/m0/s1. The number of rotatable bonds is 16. The average molecular weight is 623 g/mol. The lowest BCUT2D eigenvalue weighted by Crippen LogP contribution is -2.73. The molecule has 0 aliphatic heterocycles. The maximum absolute atomic E-state index is 12.9. The van der Waals surface area contributed by atoms with Crippen LogP contribution in [0.25, 0.3) is 0 Å². The van der Waals surface area contributed by atoms with E-state index < -0.39 is 27.9 Å². The topological polar surface area (TPSA) is 122 Å². The molecule has 0 radical (unpaired) electrons. The molecular weight excluding hydrogens is 564 g/mol. The van der Waals surface area contributed by atoms with Crippen molar-refractivity contribution in [1.29, 1.82) is 0 Å². The fraction of sp³-hybridized carbons (Fsp3) is 0.658. The van der Waals surface area contributed by atoms with Gasteiger partial charge in [0.15, 0.2) is 0 Å². The average Bonchev–Trinajstić information content (AvgIpc) is 3.23. The molecule has 0 heterocycles. The highest BCUT2D eigenvalue weighted by Crippen LogP contribution is 2.80. The zero-order valence-electron chi connectivity index (χ0n) is 28.1. The summed E-state index contributed by atoms with van der Waals surface area (Å²) in [7, 11) is 1.88. The minimum absolute atomic E-state index is 0.0113. The van der Waals surface area contributed by atoms with Crippen molar-refractivity contribution in [2.24, 2.45) is 28.1 Å². The lowest BCUT2D eigenvalue weighted by Gasteiger charge is -2.71. The van der Waals surface area contributed by atoms with E-state index >= 15 is 0 Å². The summed E-state index contributed by atoms with van der Waals surface area (Å²) in [6.45, 7) is 12.6. The van der Waals surface area contributed by atoms with Crippen LogP contribution in [0, 0.1) is 28.1 Å². The molecule has 0 saturated heterocycles. The fourth-order valence-electron chi connectivity index (χ4n) is 10.1. The Kier molecular flexibility index (Phi) is 11.7. The zero-order valence-corrected chi connectivity index (χ0v) is 28.1. The Morgan fingerprint density at radius 3 is 2.58 bits per heavy atom. The second kappa shape index (κ2) is 14.7.